The van der Waals surface area contributed by atoms with E-state index >= 15 is 0 Å². The van der Waals surface area contributed by atoms with Crippen molar-refractivity contribution < 1.29 is 4.74 Å². The summed E-state index contributed by atoms with van der Waals surface area (Å²) < 4.78 is 5.50. The van der Waals surface area contributed by atoms with Gasteiger partial charge in [-0.3, -0.25) is 0 Å². The van der Waals surface area contributed by atoms with Gasteiger partial charge in [-0.15, -0.1) is 0 Å². The van der Waals surface area contributed by atoms with E-state index in [2.05, 4.69) is 6.92 Å². The molecule has 0 saturated carbocycles. The van der Waals surface area contributed by atoms with Crippen LogP contribution >= 0.6 is 11.6 Å². The van der Waals surface area contributed by atoms with Gasteiger partial charge >= 0.3 is 0 Å². The summed E-state index contributed by atoms with van der Waals surface area (Å²) in [5.74, 6) is 0. The Kier molecular flexibility index (Phi) is 1.85. The summed E-state index contributed by atoms with van der Waals surface area (Å²) in [6.07, 6.45) is 1.11. The minimum atomic E-state index is -0.0510. The lowest BCUT2D eigenvalue weighted by atomic mass is 9.89. The van der Waals surface area contributed by atoms with Crippen LogP contribution in [0.1, 0.15) is 18.9 Å². The van der Waals surface area contributed by atoms with E-state index in [-0.39, 0.29) is 5.60 Å². The second-order valence-electron chi connectivity index (χ2n) is 3.34. The van der Waals surface area contributed by atoms with Crippen LogP contribution in [0.25, 0.3) is 0 Å². The molecule has 1 aliphatic heterocycles. The Labute approximate surface area is 77.3 Å². The molecule has 1 nitrogen and oxygen atoms in total. The maximum absolute atomic E-state index is 5.78. The zero-order valence-corrected chi connectivity index (χ0v) is 7.77. The summed E-state index contributed by atoms with van der Waals surface area (Å²) in [7, 11) is 0. The predicted octanol–water partition coefficient (Wildman–Crippen LogP) is 2.98. The van der Waals surface area contributed by atoms with Crippen LogP contribution in [-0.2, 0) is 10.3 Å². The molecule has 1 saturated heterocycles. The third kappa shape index (κ3) is 1.23. The number of ether oxygens (including phenoxy) is 1. The first-order valence-electron chi connectivity index (χ1n) is 4.11. The van der Waals surface area contributed by atoms with E-state index < -0.39 is 0 Å². The van der Waals surface area contributed by atoms with E-state index in [0.717, 1.165) is 18.1 Å². The van der Waals surface area contributed by atoms with Gasteiger partial charge in [0.2, 0.25) is 0 Å². The fraction of sp³-hybridized carbons (Fsp3) is 0.400. The predicted molar refractivity (Wildman–Crippen MR) is 49.4 cm³/mol. The molecule has 1 atom stereocenters. The second-order valence-corrected chi connectivity index (χ2v) is 3.77. The smallest absolute Gasteiger partial charge is 0.0925 e. The first-order chi connectivity index (χ1) is 5.71. The fourth-order valence-electron chi connectivity index (χ4n) is 1.44. The highest BCUT2D eigenvalue weighted by Gasteiger charge is 2.34. The summed E-state index contributed by atoms with van der Waals surface area (Å²) in [5, 5.41) is 0.779. The molecule has 0 radical (unpaired) electrons. The van der Waals surface area contributed by atoms with E-state index in [1.54, 1.807) is 0 Å². The number of hydrogen-bond donors (Lipinski definition) is 0. The maximum Gasteiger partial charge on any atom is 0.0925 e. The van der Waals surface area contributed by atoms with Crippen LogP contribution in [-0.4, -0.2) is 6.61 Å². The van der Waals surface area contributed by atoms with Gasteiger partial charge in [0.25, 0.3) is 0 Å². The van der Waals surface area contributed by atoms with Crippen LogP contribution < -0.4 is 0 Å². The van der Waals surface area contributed by atoms with E-state index in [4.69, 9.17) is 16.3 Å². The first-order valence-corrected chi connectivity index (χ1v) is 4.48. The first kappa shape index (κ1) is 8.09. The van der Waals surface area contributed by atoms with Crippen LogP contribution in [0.15, 0.2) is 24.3 Å². The highest BCUT2D eigenvalue weighted by Crippen LogP contribution is 2.36. The quantitative estimate of drug-likeness (QED) is 0.649. The van der Waals surface area contributed by atoms with Gasteiger partial charge in [0.1, 0.15) is 0 Å². The van der Waals surface area contributed by atoms with E-state index in [0.29, 0.717) is 0 Å². The second kappa shape index (κ2) is 2.75. The standard InChI is InChI=1S/C10H11ClO/c1-10(6-7-12-10)8-2-4-9(11)5-3-8/h2-5H,6-7H2,1H3/t10-/m0/s1. The van der Waals surface area contributed by atoms with Gasteiger partial charge in [-0.1, -0.05) is 23.7 Å². The van der Waals surface area contributed by atoms with Crippen molar-refractivity contribution in [3.8, 4) is 0 Å². The molecule has 0 unspecified atom stereocenters. The van der Waals surface area contributed by atoms with E-state index in [1.807, 2.05) is 24.3 Å². The Hall–Kier alpha value is -0.530. The molecule has 1 aromatic rings. The molecular weight excluding hydrogens is 172 g/mol. The highest BCUT2D eigenvalue weighted by atomic mass is 35.5. The molecular formula is C10H11ClO. The number of hydrogen-bond acceptors (Lipinski definition) is 1. The van der Waals surface area contributed by atoms with Gasteiger partial charge in [0.05, 0.1) is 12.2 Å². The normalized spacial score (nSPS) is 28.2. The molecule has 2 heteroatoms. The minimum absolute atomic E-state index is 0.0510. The molecule has 0 aromatic heterocycles. The molecule has 0 amide bonds. The van der Waals surface area contributed by atoms with E-state index in [9.17, 15) is 0 Å². The third-order valence-electron chi connectivity index (χ3n) is 2.45. The maximum atomic E-state index is 5.78. The van der Waals surface area contributed by atoms with Gasteiger partial charge < -0.3 is 4.74 Å². The lowest BCUT2D eigenvalue weighted by Gasteiger charge is -2.39. The van der Waals surface area contributed by atoms with Gasteiger partial charge in [-0.25, -0.2) is 0 Å². The van der Waals surface area contributed by atoms with Crippen LogP contribution in [0.2, 0.25) is 5.02 Å². The summed E-state index contributed by atoms with van der Waals surface area (Å²) in [6, 6.07) is 7.87. The Bertz CT molecular complexity index is 274. The largest absolute Gasteiger partial charge is 0.370 e. The van der Waals surface area contributed by atoms with Crippen molar-refractivity contribution in [2.24, 2.45) is 0 Å². The monoisotopic (exact) mass is 182 g/mol. The lowest BCUT2D eigenvalue weighted by molar-refractivity contribution is -0.140. The molecule has 0 N–H and O–H groups in total. The van der Waals surface area contributed by atoms with Crippen molar-refractivity contribution in [3.05, 3.63) is 34.9 Å². The van der Waals surface area contributed by atoms with Gasteiger partial charge in [0, 0.05) is 11.4 Å². The molecule has 64 valence electrons. The summed E-state index contributed by atoms with van der Waals surface area (Å²) in [4.78, 5) is 0. The van der Waals surface area contributed by atoms with Crippen LogP contribution in [0.5, 0.6) is 0 Å². The topological polar surface area (TPSA) is 9.23 Å². The van der Waals surface area contributed by atoms with Gasteiger partial charge in [-0.2, -0.15) is 0 Å². The Balaban J connectivity index is 2.28. The zero-order chi connectivity index (χ0) is 8.60. The molecule has 0 aliphatic carbocycles. The molecule has 0 spiro atoms. The molecule has 1 fully saturated rings. The average molecular weight is 183 g/mol. The number of halogens is 1. The molecule has 1 aliphatic rings. The fourth-order valence-corrected chi connectivity index (χ4v) is 1.56. The lowest BCUT2D eigenvalue weighted by Crippen LogP contribution is -2.37. The Morgan fingerprint density at radius 3 is 2.33 bits per heavy atom. The average Bonchev–Trinajstić information content (AvgIpc) is 2.02. The van der Waals surface area contributed by atoms with Crippen molar-refractivity contribution in [3.63, 3.8) is 0 Å². The SMILES string of the molecule is C[C@@]1(c2ccc(Cl)cc2)CCO1. The number of rotatable bonds is 1. The third-order valence-corrected chi connectivity index (χ3v) is 2.71. The minimum Gasteiger partial charge on any atom is -0.370 e. The Morgan fingerprint density at radius 2 is 1.92 bits per heavy atom. The zero-order valence-electron chi connectivity index (χ0n) is 7.01. The van der Waals surface area contributed by atoms with Gasteiger partial charge in [-0.05, 0) is 24.6 Å². The van der Waals surface area contributed by atoms with Crippen molar-refractivity contribution in [2.45, 2.75) is 18.9 Å². The highest BCUT2D eigenvalue weighted by molar-refractivity contribution is 6.30. The summed E-state index contributed by atoms with van der Waals surface area (Å²) in [6.45, 7) is 2.98. The number of benzene rings is 1. The molecule has 12 heavy (non-hydrogen) atoms. The summed E-state index contributed by atoms with van der Waals surface area (Å²) in [5.41, 5.74) is 1.17. The molecule has 1 aromatic carbocycles. The molecule has 1 heterocycles. The van der Waals surface area contributed by atoms with Crippen molar-refractivity contribution in [1.29, 1.82) is 0 Å². The van der Waals surface area contributed by atoms with Crippen molar-refractivity contribution in [1.82, 2.24) is 0 Å². The summed E-state index contributed by atoms with van der Waals surface area (Å²) >= 11 is 5.78. The Morgan fingerprint density at radius 1 is 1.33 bits per heavy atom. The van der Waals surface area contributed by atoms with Crippen molar-refractivity contribution in [2.75, 3.05) is 6.61 Å². The van der Waals surface area contributed by atoms with Gasteiger partial charge in [0.15, 0.2) is 0 Å². The van der Waals surface area contributed by atoms with E-state index in [1.165, 1.54) is 5.56 Å². The molecule has 2 rings (SSSR count). The van der Waals surface area contributed by atoms with Crippen LogP contribution in [0.4, 0.5) is 0 Å². The molecule has 0 bridgehead atoms. The van der Waals surface area contributed by atoms with Crippen molar-refractivity contribution >= 4 is 11.6 Å². The van der Waals surface area contributed by atoms with Crippen LogP contribution in [0, 0.1) is 0 Å². The van der Waals surface area contributed by atoms with Crippen LogP contribution in [0.3, 0.4) is 0 Å².